The van der Waals surface area contributed by atoms with E-state index in [1.165, 1.54) is 0 Å². The molecule has 0 spiro atoms. The molecule has 0 saturated heterocycles. The normalized spacial score (nSPS) is 10.7. The van der Waals surface area contributed by atoms with Crippen LogP contribution in [0.1, 0.15) is 19.5 Å². The largest absolute Gasteiger partial charge is 0.371 e. The third-order valence-corrected chi connectivity index (χ3v) is 3.65. The van der Waals surface area contributed by atoms with E-state index < -0.39 is 0 Å². The summed E-state index contributed by atoms with van der Waals surface area (Å²) in [5.74, 6) is 1.31. The highest BCUT2D eigenvalue weighted by Gasteiger charge is 2.14. The fraction of sp³-hybridized carbons (Fsp3) is 0.294. The summed E-state index contributed by atoms with van der Waals surface area (Å²) in [5.41, 5.74) is 5.55. The van der Waals surface area contributed by atoms with E-state index in [1.807, 2.05) is 52.2 Å². The van der Waals surface area contributed by atoms with Gasteiger partial charge in [0.25, 0.3) is 0 Å². The van der Waals surface area contributed by atoms with Gasteiger partial charge >= 0.3 is 0 Å². The molecule has 3 heterocycles. The van der Waals surface area contributed by atoms with Gasteiger partial charge in [0.2, 0.25) is 5.95 Å². The molecule has 3 aromatic heterocycles. The molecule has 3 rings (SSSR count). The van der Waals surface area contributed by atoms with E-state index in [0.29, 0.717) is 5.95 Å². The second-order valence-electron chi connectivity index (χ2n) is 5.67. The lowest BCUT2D eigenvalue weighted by molar-refractivity contribution is 0.910. The Bertz CT molecular complexity index is 920. The zero-order chi connectivity index (χ0) is 17.3. The van der Waals surface area contributed by atoms with Gasteiger partial charge in [0.1, 0.15) is 5.52 Å². The average molecular weight is 323 g/mol. The first-order valence-electron chi connectivity index (χ1n) is 7.78. The maximum atomic E-state index is 4.72. The monoisotopic (exact) mass is 323 g/mol. The summed E-state index contributed by atoms with van der Waals surface area (Å²) in [5, 5.41) is 10.5. The SMILES string of the molecule is CNc1nc(NC)c2c(-c3ccc(N=C(C)C)c(C)n3)ccn2n1. The van der Waals surface area contributed by atoms with Crippen LogP contribution in [0.2, 0.25) is 0 Å². The first-order chi connectivity index (χ1) is 11.5. The summed E-state index contributed by atoms with van der Waals surface area (Å²) in [7, 11) is 3.64. The molecule has 3 aromatic rings. The van der Waals surface area contributed by atoms with Crippen LogP contribution in [0, 0.1) is 6.92 Å². The van der Waals surface area contributed by atoms with Gasteiger partial charge in [-0.3, -0.25) is 9.98 Å². The van der Waals surface area contributed by atoms with Gasteiger partial charge in [-0.15, -0.1) is 5.10 Å². The van der Waals surface area contributed by atoms with Crippen molar-refractivity contribution in [3.05, 3.63) is 30.1 Å². The molecule has 0 saturated carbocycles. The number of nitrogens with zero attached hydrogens (tertiary/aromatic N) is 5. The molecule has 0 aliphatic heterocycles. The molecule has 0 fully saturated rings. The van der Waals surface area contributed by atoms with Gasteiger partial charge in [-0.2, -0.15) is 4.98 Å². The van der Waals surface area contributed by atoms with Gasteiger partial charge in [0.15, 0.2) is 5.82 Å². The van der Waals surface area contributed by atoms with E-state index in [-0.39, 0.29) is 0 Å². The maximum absolute atomic E-state index is 4.72. The van der Waals surface area contributed by atoms with E-state index in [2.05, 4.69) is 25.7 Å². The topological polar surface area (TPSA) is 79.5 Å². The average Bonchev–Trinajstić information content (AvgIpc) is 2.99. The number of aromatic nitrogens is 4. The first kappa shape index (κ1) is 15.9. The third kappa shape index (κ3) is 2.80. The van der Waals surface area contributed by atoms with Crippen LogP contribution >= 0.6 is 0 Å². The molecular formula is C17H21N7. The van der Waals surface area contributed by atoms with Crippen molar-refractivity contribution in [2.24, 2.45) is 4.99 Å². The Labute approximate surface area is 140 Å². The van der Waals surface area contributed by atoms with Crippen molar-refractivity contribution in [1.82, 2.24) is 19.6 Å². The Kier molecular flexibility index (Phi) is 4.16. The Morgan fingerprint density at radius 3 is 2.50 bits per heavy atom. The smallest absolute Gasteiger partial charge is 0.242 e. The summed E-state index contributed by atoms with van der Waals surface area (Å²) < 4.78 is 1.80. The minimum Gasteiger partial charge on any atom is -0.371 e. The Morgan fingerprint density at radius 1 is 1.08 bits per heavy atom. The number of hydrogen-bond acceptors (Lipinski definition) is 6. The van der Waals surface area contributed by atoms with Crippen molar-refractivity contribution in [3.8, 4) is 11.3 Å². The highest BCUT2D eigenvalue weighted by Crippen LogP contribution is 2.30. The molecule has 124 valence electrons. The molecule has 0 aliphatic rings. The summed E-state index contributed by atoms with van der Waals surface area (Å²) in [4.78, 5) is 13.7. The number of rotatable bonds is 4. The molecule has 24 heavy (non-hydrogen) atoms. The summed E-state index contributed by atoms with van der Waals surface area (Å²) in [6, 6.07) is 5.98. The van der Waals surface area contributed by atoms with Crippen LogP contribution in [0.4, 0.5) is 17.5 Å². The van der Waals surface area contributed by atoms with Gasteiger partial charge in [0.05, 0.1) is 17.1 Å². The van der Waals surface area contributed by atoms with Gasteiger partial charge in [-0.25, -0.2) is 4.52 Å². The third-order valence-electron chi connectivity index (χ3n) is 3.65. The molecule has 0 radical (unpaired) electrons. The van der Waals surface area contributed by atoms with Gasteiger partial charge in [-0.05, 0) is 39.0 Å². The number of hydrogen-bond donors (Lipinski definition) is 2. The molecule has 0 amide bonds. The van der Waals surface area contributed by atoms with Crippen LogP contribution < -0.4 is 10.6 Å². The number of pyridine rings is 1. The predicted octanol–water partition coefficient (Wildman–Crippen LogP) is 3.30. The molecule has 7 nitrogen and oxygen atoms in total. The highest BCUT2D eigenvalue weighted by molar-refractivity contribution is 5.88. The maximum Gasteiger partial charge on any atom is 0.242 e. The number of aliphatic imine (C=N–C) groups is 1. The number of fused-ring (bicyclic) bond motifs is 1. The van der Waals surface area contributed by atoms with Crippen molar-refractivity contribution in [2.45, 2.75) is 20.8 Å². The predicted molar refractivity (Wildman–Crippen MR) is 98.5 cm³/mol. The Balaban J connectivity index is 2.16. The van der Waals surface area contributed by atoms with E-state index >= 15 is 0 Å². The summed E-state index contributed by atoms with van der Waals surface area (Å²) in [6.07, 6.45) is 1.91. The quantitative estimate of drug-likeness (QED) is 0.720. The van der Waals surface area contributed by atoms with Crippen molar-refractivity contribution in [3.63, 3.8) is 0 Å². The van der Waals surface area contributed by atoms with Crippen molar-refractivity contribution in [2.75, 3.05) is 24.7 Å². The summed E-state index contributed by atoms with van der Waals surface area (Å²) in [6.45, 7) is 5.92. The van der Waals surface area contributed by atoms with E-state index in [4.69, 9.17) is 4.98 Å². The number of nitrogens with one attached hydrogen (secondary N) is 2. The summed E-state index contributed by atoms with van der Waals surface area (Å²) >= 11 is 0. The molecule has 0 atom stereocenters. The molecule has 0 aliphatic carbocycles. The van der Waals surface area contributed by atoms with Crippen LogP contribution in [-0.4, -0.2) is 39.4 Å². The first-order valence-corrected chi connectivity index (χ1v) is 7.78. The molecular weight excluding hydrogens is 302 g/mol. The second kappa shape index (κ2) is 6.27. The molecule has 0 bridgehead atoms. The number of anilines is 2. The Morgan fingerprint density at radius 2 is 1.88 bits per heavy atom. The zero-order valence-electron chi connectivity index (χ0n) is 14.5. The second-order valence-corrected chi connectivity index (χ2v) is 5.67. The fourth-order valence-corrected chi connectivity index (χ4v) is 2.57. The van der Waals surface area contributed by atoms with E-state index in [1.54, 1.807) is 11.6 Å². The van der Waals surface area contributed by atoms with Crippen molar-refractivity contribution < 1.29 is 0 Å². The van der Waals surface area contributed by atoms with Crippen LogP contribution in [0.25, 0.3) is 16.8 Å². The number of aryl methyl sites for hydroxylation is 1. The van der Waals surface area contributed by atoms with Crippen molar-refractivity contribution in [1.29, 1.82) is 0 Å². The van der Waals surface area contributed by atoms with Crippen molar-refractivity contribution >= 4 is 28.7 Å². The van der Waals surface area contributed by atoms with Crippen LogP contribution in [-0.2, 0) is 0 Å². The van der Waals surface area contributed by atoms with E-state index in [9.17, 15) is 0 Å². The van der Waals surface area contributed by atoms with Gasteiger partial charge in [0, 0.05) is 31.6 Å². The van der Waals surface area contributed by atoms with Crippen LogP contribution in [0.15, 0.2) is 29.4 Å². The van der Waals surface area contributed by atoms with Gasteiger partial charge in [-0.1, -0.05) is 0 Å². The van der Waals surface area contributed by atoms with E-state index in [0.717, 1.165) is 39.7 Å². The van der Waals surface area contributed by atoms with Crippen LogP contribution in [0.5, 0.6) is 0 Å². The lowest BCUT2D eigenvalue weighted by atomic mass is 10.1. The fourth-order valence-electron chi connectivity index (χ4n) is 2.57. The lowest BCUT2D eigenvalue weighted by Gasteiger charge is -2.09. The minimum atomic E-state index is 0.557. The molecule has 0 unspecified atom stereocenters. The molecule has 7 heteroatoms. The minimum absolute atomic E-state index is 0.557. The lowest BCUT2D eigenvalue weighted by Crippen LogP contribution is -2.06. The molecule has 0 aromatic carbocycles. The van der Waals surface area contributed by atoms with Crippen LogP contribution in [0.3, 0.4) is 0 Å². The molecule has 2 N–H and O–H groups in total. The zero-order valence-corrected chi connectivity index (χ0v) is 14.5. The Hall–Kier alpha value is -2.96. The standard InChI is InChI=1S/C17H21N7/c1-10(2)20-13-6-7-14(21-11(13)3)12-8-9-24-15(12)16(18-4)22-17(19-5)23-24/h6-9H,1-5H3,(H2,18,19,22,23). The highest BCUT2D eigenvalue weighted by atomic mass is 15.3. The van der Waals surface area contributed by atoms with Gasteiger partial charge < -0.3 is 10.6 Å².